The van der Waals surface area contributed by atoms with Gasteiger partial charge in [0.1, 0.15) is 0 Å². The highest BCUT2D eigenvalue weighted by molar-refractivity contribution is 5.85. The number of amides is 1. The van der Waals surface area contributed by atoms with E-state index in [9.17, 15) is 4.79 Å². The number of nitrogens with one attached hydrogen (secondary N) is 2. The average molecular weight is 247 g/mol. The van der Waals surface area contributed by atoms with Crippen LogP contribution in [0.5, 0.6) is 0 Å². The van der Waals surface area contributed by atoms with Crippen molar-refractivity contribution in [1.29, 1.82) is 0 Å². The molecule has 1 aliphatic carbocycles. The molecule has 1 heterocycles. The molecule has 1 saturated heterocycles. The summed E-state index contributed by atoms with van der Waals surface area (Å²) >= 11 is 0. The van der Waals surface area contributed by atoms with E-state index >= 15 is 0 Å². The van der Waals surface area contributed by atoms with E-state index in [1.54, 1.807) is 0 Å². The number of halogens is 1. The molecule has 3 nitrogen and oxygen atoms in total. The van der Waals surface area contributed by atoms with Gasteiger partial charge in [0.25, 0.3) is 0 Å². The highest BCUT2D eigenvalue weighted by Crippen LogP contribution is 2.34. The van der Waals surface area contributed by atoms with Gasteiger partial charge in [-0.15, -0.1) is 12.4 Å². The Balaban J connectivity index is 0.00000128. The molecular formula is C12H23ClN2O. The maximum Gasteiger partial charge on any atom is 0.221 e. The van der Waals surface area contributed by atoms with Crippen LogP contribution in [0.25, 0.3) is 0 Å². The van der Waals surface area contributed by atoms with Crippen LogP contribution in [0.2, 0.25) is 0 Å². The number of rotatable bonds is 5. The molecule has 1 aliphatic heterocycles. The molecule has 2 fully saturated rings. The lowest BCUT2D eigenvalue weighted by Crippen LogP contribution is -2.33. The standard InChI is InChI=1S/C12H22N2O.ClH/c1-2-4-9-7-11(9)14-12(15)8-10-5-3-6-13-10;/h9-11,13H,2-8H2,1H3,(H,14,15);1H. The van der Waals surface area contributed by atoms with Crippen LogP contribution < -0.4 is 10.6 Å². The third-order valence-corrected chi connectivity index (χ3v) is 3.52. The van der Waals surface area contributed by atoms with Gasteiger partial charge in [0, 0.05) is 18.5 Å². The van der Waals surface area contributed by atoms with Gasteiger partial charge in [0.15, 0.2) is 0 Å². The summed E-state index contributed by atoms with van der Waals surface area (Å²) in [5.41, 5.74) is 0. The van der Waals surface area contributed by atoms with Crippen molar-refractivity contribution in [2.45, 2.75) is 57.5 Å². The van der Waals surface area contributed by atoms with Crippen LogP contribution in [0, 0.1) is 5.92 Å². The van der Waals surface area contributed by atoms with E-state index in [2.05, 4.69) is 17.6 Å². The van der Waals surface area contributed by atoms with Crippen LogP contribution in [0.1, 0.15) is 45.4 Å². The van der Waals surface area contributed by atoms with Crippen LogP contribution in [-0.2, 0) is 4.79 Å². The van der Waals surface area contributed by atoms with Crippen molar-refractivity contribution in [3.05, 3.63) is 0 Å². The summed E-state index contributed by atoms with van der Waals surface area (Å²) in [4.78, 5) is 11.6. The zero-order chi connectivity index (χ0) is 10.7. The molecule has 0 radical (unpaired) electrons. The molecule has 94 valence electrons. The molecule has 0 aromatic carbocycles. The third-order valence-electron chi connectivity index (χ3n) is 3.52. The second-order valence-corrected chi connectivity index (χ2v) is 4.96. The minimum absolute atomic E-state index is 0. The van der Waals surface area contributed by atoms with E-state index in [0.717, 1.165) is 18.9 Å². The first kappa shape index (κ1) is 13.8. The molecule has 16 heavy (non-hydrogen) atoms. The molecule has 1 amide bonds. The second kappa shape index (κ2) is 6.45. The van der Waals surface area contributed by atoms with Crippen molar-refractivity contribution in [3.8, 4) is 0 Å². The van der Waals surface area contributed by atoms with Gasteiger partial charge >= 0.3 is 0 Å². The molecule has 4 heteroatoms. The third kappa shape index (κ3) is 3.95. The topological polar surface area (TPSA) is 41.1 Å². The van der Waals surface area contributed by atoms with Crippen LogP contribution in [0.4, 0.5) is 0 Å². The van der Waals surface area contributed by atoms with Crippen LogP contribution >= 0.6 is 12.4 Å². The summed E-state index contributed by atoms with van der Waals surface area (Å²) in [5.74, 6) is 1.02. The zero-order valence-electron chi connectivity index (χ0n) is 10.00. The van der Waals surface area contributed by atoms with Gasteiger partial charge in [0.2, 0.25) is 5.91 Å². The first-order valence-corrected chi connectivity index (χ1v) is 6.32. The van der Waals surface area contributed by atoms with Gasteiger partial charge in [-0.2, -0.15) is 0 Å². The van der Waals surface area contributed by atoms with Gasteiger partial charge in [-0.3, -0.25) is 4.79 Å². The van der Waals surface area contributed by atoms with Gasteiger partial charge < -0.3 is 10.6 Å². The number of carbonyl (C=O) groups excluding carboxylic acids is 1. The molecule has 2 aliphatic rings. The van der Waals surface area contributed by atoms with E-state index in [1.807, 2.05) is 0 Å². The number of hydrogen-bond donors (Lipinski definition) is 2. The minimum atomic E-state index is 0. The van der Waals surface area contributed by atoms with Crippen molar-refractivity contribution < 1.29 is 4.79 Å². The number of hydrogen-bond acceptors (Lipinski definition) is 2. The Hall–Kier alpha value is -0.280. The van der Waals surface area contributed by atoms with Crippen molar-refractivity contribution >= 4 is 18.3 Å². The van der Waals surface area contributed by atoms with Gasteiger partial charge in [0.05, 0.1) is 0 Å². The van der Waals surface area contributed by atoms with Crippen molar-refractivity contribution in [1.82, 2.24) is 10.6 Å². The van der Waals surface area contributed by atoms with E-state index < -0.39 is 0 Å². The Kier molecular flexibility index (Phi) is 5.56. The Labute approximate surface area is 104 Å². The maximum absolute atomic E-state index is 11.6. The predicted molar refractivity (Wildman–Crippen MR) is 67.8 cm³/mol. The van der Waals surface area contributed by atoms with Gasteiger partial charge in [-0.05, 0) is 38.1 Å². The fraction of sp³-hybridized carbons (Fsp3) is 0.917. The smallest absolute Gasteiger partial charge is 0.221 e. The fourth-order valence-electron chi connectivity index (χ4n) is 2.53. The molecule has 0 bridgehead atoms. The second-order valence-electron chi connectivity index (χ2n) is 4.96. The average Bonchev–Trinajstić information content (AvgIpc) is 2.73. The first-order valence-electron chi connectivity index (χ1n) is 6.32. The highest BCUT2D eigenvalue weighted by atomic mass is 35.5. The molecule has 3 unspecified atom stereocenters. The molecule has 0 spiro atoms. The lowest BCUT2D eigenvalue weighted by Gasteiger charge is -2.10. The van der Waals surface area contributed by atoms with Crippen molar-refractivity contribution in [2.75, 3.05) is 6.54 Å². The maximum atomic E-state index is 11.6. The summed E-state index contributed by atoms with van der Waals surface area (Å²) in [6, 6.07) is 0.937. The zero-order valence-corrected chi connectivity index (χ0v) is 10.8. The van der Waals surface area contributed by atoms with Crippen LogP contribution in [0.15, 0.2) is 0 Å². The van der Waals surface area contributed by atoms with Crippen molar-refractivity contribution in [3.63, 3.8) is 0 Å². The molecule has 0 aromatic heterocycles. The molecule has 2 rings (SSSR count). The SMILES string of the molecule is CCCC1CC1NC(=O)CC1CCCN1.Cl. The summed E-state index contributed by atoms with van der Waals surface area (Å²) in [5, 5.41) is 6.49. The van der Waals surface area contributed by atoms with E-state index in [0.29, 0.717) is 18.5 Å². The summed E-state index contributed by atoms with van der Waals surface area (Å²) in [6.45, 7) is 3.29. The van der Waals surface area contributed by atoms with E-state index in [4.69, 9.17) is 0 Å². The lowest BCUT2D eigenvalue weighted by atomic mass is 10.1. The highest BCUT2D eigenvalue weighted by Gasteiger charge is 2.37. The van der Waals surface area contributed by atoms with Gasteiger partial charge in [-0.1, -0.05) is 13.3 Å². The predicted octanol–water partition coefficient (Wildman–Crippen LogP) is 1.86. The van der Waals surface area contributed by atoms with Crippen molar-refractivity contribution in [2.24, 2.45) is 5.92 Å². The monoisotopic (exact) mass is 246 g/mol. The van der Waals surface area contributed by atoms with E-state index in [-0.39, 0.29) is 18.3 Å². The normalized spacial score (nSPS) is 31.9. The quantitative estimate of drug-likeness (QED) is 0.778. The Bertz CT molecular complexity index is 229. The summed E-state index contributed by atoms with van der Waals surface area (Å²) in [6.07, 6.45) is 6.77. The molecule has 0 aromatic rings. The largest absolute Gasteiger partial charge is 0.353 e. The van der Waals surface area contributed by atoms with Crippen LogP contribution in [0.3, 0.4) is 0 Å². The molecule has 2 N–H and O–H groups in total. The summed E-state index contributed by atoms with van der Waals surface area (Å²) < 4.78 is 0. The number of carbonyl (C=O) groups is 1. The van der Waals surface area contributed by atoms with E-state index in [1.165, 1.54) is 25.7 Å². The minimum Gasteiger partial charge on any atom is -0.353 e. The molecule has 3 atom stereocenters. The first-order chi connectivity index (χ1) is 7.29. The Morgan fingerprint density at radius 2 is 2.31 bits per heavy atom. The van der Waals surface area contributed by atoms with Crippen LogP contribution in [-0.4, -0.2) is 24.5 Å². The molecule has 1 saturated carbocycles. The Morgan fingerprint density at radius 3 is 2.94 bits per heavy atom. The Morgan fingerprint density at radius 1 is 1.50 bits per heavy atom. The summed E-state index contributed by atoms with van der Waals surface area (Å²) in [7, 11) is 0. The fourth-order valence-corrected chi connectivity index (χ4v) is 2.53. The lowest BCUT2D eigenvalue weighted by molar-refractivity contribution is -0.121. The van der Waals surface area contributed by atoms with Gasteiger partial charge in [-0.25, -0.2) is 0 Å². The molecular weight excluding hydrogens is 224 g/mol.